The molecule has 0 spiro atoms. The van der Waals surface area contributed by atoms with Gasteiger partial charge >= 0.3 is 0 Å². The summed E-state index contributed by atoms with van der Waals surface area (Å²) in [6, 6.07) is 29.2. The summed E-state index contributed by atoms with van der Waals surface area (Å²) in [4.78, 5) is 16.0. The molecular weight excluding hydrogens is 394 g/mol. The number of hydrogen-bond acceptors (Lipinski definition) is 3. The molecule has 0 saturated carbocycles. The Kier molecular flexibility index (Phi) is 5.91. The number of para-hydroxylation sites is 1. The number of ketones is 1. The fourth-order valence-electron chi connectivity index (χ4n) is 5.52. The Morgan fingerprint density at radius 2 is 1.44 bits per heavy atom. The molecule has 0 unspecified atom stereocenters. The number of ether oxygens (including phenoxy) is 1. The predicted molar refractivity (Wildman–Crippen MR) is 128 cm³/mol. The Balaban J connectivity index is 1.61. The number of nitrogens with zero attached hydrogens (tertiary/aromatic N) is 1. The van der Waals surface area contributed by atoms with Crippen LogP contribution in [0.5, 0.6) is 5.75 Å². The molecule has 6 rings (SSSR count). The topological polar surface area (TPSA) is 29.5 Å². The zero-order chi connectivity index (χ0) is 21.9. The van der Waals surface area contributed by atoms with E-state index in [0.29, 0.717) is 17.2 Å². The van der Waals surface area contributed by atoms with Crippen LogP contribution >= 0.6 is 0 Å². The lowest BCUT2D eigenvalue weighted by Crippen LogP contribution is -2.53. The molecule has 3 heteroatoms. The first kappa shape index (κ1) is 20.7. The van der Waals surface area contributed by atoms with E-state index in [1.807, 2.05) is 30.3 Å². The van der Waals surface area contributed by atoms with Gasteiger partial charge in [0, 0.05) is 12.0 Å². The van der Waals surface area contributed by atoms with E-state index in [2.05, 4.69) is 65.6 Å². The third kappa shape index (κ3) is 3.89. The van der Waals surface area contributed by atoms with Gasteiger partial charge in [-0.25, -0.2) is 0 Å². The Hall–Kier alpha value is -3.17. The van der Waals surface area contributed by atoms with Gasteiger partial charge < -0.3 is 4.74 Å². The summed E-state index contributed by atoms with van der Waals surface area (Å²) in [6.07, 6.45) is 4.17. The zero-order valence-corrected chi connectivity index (χ0v) is 18.5. The Morgan fingerprint density at radius 1 is 0.875 bits per heavy atom. The fraction of sp³-hybridized carbons (Fsp3) is 0.276. The summed E-state index contributed by atoms with van der Waals surface area (Å²) >= 11 is 0. The van der Waals surface area contributed by atoms with Gasteiger partial charge in [-0.05, 0) is 66.8 Å². The quantitative estimate of drug-likeness (QED) is 0.375. The fourth-order valence-corrected chi connectivity index (χ4v) is 5.52. The van der Waals surface area contributed by atoms with Crippen molar-refractivity contribution in [3.8, 4) is 5.75 Å². The van der Waals surface area contributed by atoms with Crippen molar-refractivity contribution in [2.24, 2.45) is 5.92 Å². The van der Waals surface area contributed by atoms with Crippen LogP contribution in [0.15, 0.2) is 96.6 Å². The highest BCUT2D eigenvalue weighted by Crippen LogP contribution is 2.45. The average Bonchev–Trinajstić information content (AvgIpc) is 2.87. The summed E-state index contributed by atoms with van der Waals surface area (Å²) in [5.41, 5.74) is 4.50. The van der Waals surface area contributed by atoms with Crippen molar-refractivity contribution in [2.75, 3.05) is 20.2 Å². The molecule has 0 N–H and O–H groups in total. The van der Waals surface area contributed by atoms with Crippen LogP contribution in [-0.4, -0.2) is 36.9 Å². The van der Waals surface area contributed by atoms with Crippen LogP contribution in [0.2, 0.25) is 0 Å². The van der Waals surface area contributed by atoms with Crippen LogP contribution in [0.3, 0.4) is 0 Å². The second-order valence-corrected chi connectivity index (χ2v) is 8.76. The maximum absolute atomic E-state index is 13.4. The van der Waals surface area contributed by atoms with Gasteiger partial charge in [0.1, 0.15) is 5.75 Å². The molecule has 2 bridgehead atoms. The molecule has 0 aromatic heterocycles. The highest BCUT2D eigenvalue weighted by molar-refractivity contribution is 6.07. The molecule has 3 heterocycles. The summed E-state index contributed by atoms with van der Waals surface area (Å²) < 4.78 is 5.47. The number of carbonyl (C=O) groups excluding carboxylic acids is 1. The minimum Gasteiger partial charge on any atom is -0.496 e. The highest BCUT2D eigenvalue weighted by atomic mass is 16.5. The van der Waals surface area contributed by atoms with Gasteiger partial charge in [-0.1, -0.05) is 72.8 Å². The SMILES string of the molecule is COc1ccccc1C(=O)/C=C1/C2CCN(CC2)[C@H]1C(c1ccccc1)c1ccccc1. The van der Waals surface area contributed by atoms with Gasteiger partial charge in [0.15, 0.2) is 5.78 Å². The number of methoxy groups -OCH3 is 1. The van der Waals surface area contributed by atoms with E-state index in [4.69, 9.17) is 4.74 Å². The largest absolute Gasteiger partial charge is 0.496 e. The van der Waals surface area contributed by atoms with Crippen LogP contribution < -0.4 is 4.74 Å². The minimum atomic E-state index is 0.0380. The van der Waals surface area contributed by atoms with E-state index in [0.717, 1.165) is 25.9 Å². The number of benzene rings is 3. The minimum absolute atomic E-state index is 0.0380. The normalized spacial score (nSPS) is 23.4. The van der Waals surface area contributed by atoms with Gasteiger partial charge in [-0.15, -0.1) is 0 Å². The number of carbonyl (C=O) groups is 1. The van der Waals surface area contributed by atoms with Crippen molar-refractivity contribution >= 4 is 5.78 Å². The summed E-state index contributed by atoms with van der Waals surface area (Å²) in [7, 11) is 1.62. The third-order valence-electron chi connectivity index (χ3n) is 7.04. The third-order valence-corrected chi connectivity index (χ3v) is 7.04. The van der Waals surface area contributed by atoms with Crippen LogP contribution in [0.4, 0.5) is 0 Å². The van der Waals surface area contributed by atoms with Crippen LogP contribution in [0, 0.1) is 5.92 Å². The molecular formula is C29H29NO2. The van der Waals surface area contributed by atoms with Gasteiger partial charge in [-0.2, -0.15) is 0 Å². The van der Waals surface area contributed by atoms with E-state index >= 15 is 0 Å². The van der Waals surface area contributed by atoms with E-state index < -0.39 is 0 Å². The molecule has 3 aliphatic rings. The van der Waals surface area contributed by atoms with Crippen LogP contribution in [0.25, 0.3) is 0 Å². The smallest absolute Gasteiger partial charge is 0.189 e. The molecule has 0 aliphatic carbocycles. The van der Waals surface area contributed by atoms with E-state index in [1.54, 1.807) is 7.11 Å². The van der Waals surface area contributed by atoms with Crippen molar-refractivity contribution in [1.29, 1.82) is 0 Å². The molecule has 1 atom stereocenters. The van der Waals surface area contributed by atoms with Crippen molar-refractivity contribution in [2.45, 2.75) is 24.8 Å². The molecule has 32 heavy (non-hydrogen) atoms. The first-order chi connectivity index (χ1) is 15.8. The number of rotatable bonds is 6. The lowest BCUT2D eigenvalue weighted by atomic mass is 9.70. The van der Waals surface area contributed by atoms with E-state index in [-0.39, 0.29) is 17.7 Å². The van der Waals surface area contributed by atoms with E-state index in [1.165, 1.54) is 16.7 Å². The lowest BCUT2D eigenvalue weighted by Gasteiger charge is -2.50. The number of piperidine rings is 3. The number of hydrogen-bond donors (Lipinski definition) is 0. The standard InChI is InChI=1S/C29H29NO2/c1-32-27-15-9-8-14-24(27)26(31)20-25-21-16-18-30(19-17-21)29(25)28(22-10-4-2-5-11-22)23-12-6-3-7-13-23/h2-15,20-21,28-29H,16-19H2,1H3/b25-20-/t29-/m1/s1. The van der Waals surface area contributed by atoms with Gasteiger partial charge in [-0.3, -0.25) is 9.69 Å². The number of allylic oxidation sites excluding steroid dienone is 1. The van der Waals surface area contributed by atoms with Gasteiger partial charge in [0.25, 0.3) is 0 Å². The first-order valence-corrected chi connectivity index (χ1v) is 11.5. The van der Waals surface area contributed by atoms with Crippen molar-refractivity contribution in [3.05, 3.63) is 113 Å². The second-order valence-electron chi connectivity index (χ2n) is 8.76. The summed E-state index contributed by atoms with van der Waals surface area (Å²) in [6.45, 7) is 2.18. The summed E-state index contributed by atoms with van der Waals surface area (Å²) in [5.74, 6) is 1.32. The van der Waals surface area contributed by atoms with Crippen molar-refractivity contribution in [3.63, 3.8) is 0 Å². The Morgan fingerprint density at radius 3 is 2.03 bits per heavy atom. The molecule has 0 radical (unpaired) electrons. The molecule has 3 saturated heterocycles. The Labute approximate surface area is 190 Å². The molecule has 3 aliphatic heterocycles. The molecule has 3 nitrogen and oxygen atoms in total. The highest BCUT2D eigenvalue weighted by Gasteiger charge is 2.43. The maximum atomic E-state index is 13.4. The second kappa shape index (κ2) is 9.13. The van der Waals surface area contributed by atoms with Crippen molar-refractivity contribution < 1.29 is 9.53 Å². The van der Waals surface area contributed by atoms with Crippen LogP contribution in [0.1, 0.15) is 40.2 Å². The average molecular weight is 424 g/mol. The summed E-state index contributed by atoms with van der Waals surface area (Å²) in [5, 5.41) is 0. The van der Waals surface area contributed by atoms with Crippen molar-refractivity contribution in [1.82, 2.24) is 4.90 Å². The number of fused-ring (bicyclic) bond motifs is 3. The monoisotopic (exact) mass is 423 g/mol. The molecule has 3 aromatic carbocycles. The van der Waals surface area contributed by atoms with Gasteiger partial charge in [0.05, 0.1) is 12.7 Å². The first-order valence-electron chi connectivity index (χ1n) is 11.5. The molecule has 162 valence electrons. The molecule has 3 aromatic rings. The Bertz CT molecular complexity index is 1060. The molecule has 3 fully saturated rings. The van der Waals surface area contributed by atoms with Crippen LogP contribution in [-0.2, 0) is 0 Å². The van der Waals surface area contributed by atoms with Gasteiger partial charge in [0.2, 0.25) is 0 Å². The predicted octanol–water partition coefficient (Wildman–Crippen LogP) is 5.73. The van der Waals surface area contributed by atoms with E-state index in [9.17, 15) is 4.79 Å². The lowest BCUT2D eigenvalue weighted by molar-refractivity contribution is 0.0905. The molecule has 0 amide bonds. The zero-order valence-electron chi connectivity index (χ0n) is 18.5. The maximum Gasteiger partial charge on any atom is 0.189 e.